The molecule has 1 aromatic rings. The lowest BCUT2D eigenvalue weighted by atomic mass is 9.95. The van der Waals surface area contributed by atoms with Crippen LogP contribution in [0.5, 0.6) is 0 Å². The first kappa shape index (κ1) is 11.6. The molecule has 1 aromatic carbocycles. The molecule has 16 heavy (non-hydrogen) atoms. The fourth-order valence-electron chi connectivity index (χ4n) is 2.50. The number of hydrogen-bond acceptors (Lipinski definition) is 2. The maximum atomic E-state index is 13.1. The van der Waals surface area contributed by atoms with Gasteiger partial charge in [0, 0.05) is 19.1 Å². The molecule has 0 saturated carbocycles. The minimum absolute atomic E-state index is 0.138. The van der Waals surface area contributed by atoms with Crippen molar-refractivity contribution in [3.8, 4) is 0 Å². The van der Waals surface area contributed by atoms with Gasteiger partial charge < -0.3 is 5.32 Å². The fourth-order valence-corrected chi connectivity index (χ4v) is 2.50. The Hall–Kier alpha value is -0.930. The van der Waals surface area contributed by atoms with Crippen LogP contribution < -0.4 is 5.32 Å². The molecule has 0 unspecified atom stereocenters. The molecule has 0 fully saturated rings. The van der Waals surface area contributed by atoms with Crippen LogP contribution in [0.2, 0.25) is 0 Å². The van der Waals surface area contributed by atoms with E-state index in [0.29, 0.717) is 6.04 Å². The van der Waals surface area contributed by atoms with E-state index in [4.69, 9.17) is 0 Å². The number of rotatable bonds is 3. The van der Waals surface area contributed by atoms with Crippen molar-refractivity contribution in [2.24, 2.45) is 0 Å². The zero-order valence-electron chi connectivity index (χ0n) is 9.96. The van der Waals surface area contributed by atoms with Crippen LogP contribution in [0, 0.1) is 5.82 Å². The van der Waals surface area contributed by atoms with Crippen molar-refractivity contribution in [3.63, 3.8) is 0 Å². The number of hydrogen-bond donors (Lipinski definition) is 1. The van der Waals surface area contributed by atoms with Gasteiger partial charge in [0.15, 0.2) is 0 Å². The first-order valence-corrected chi connectivity index (χ1v) is 5.99. The normalized spacial score (nSPS) is 19.9. The average molecular weight is 222 g/mol. The lowest BCUT2D eigenvalue weighted by molar-refractivity contribution is 0.204. The van der Waals surface area contributed by atoms with E-state index < -0.39 is 0 Å². The molecule has 0 radical (unpaired) electrons. The number of likely N-dealkylation sites (N-methyl/N-ethyl adjacent to an activating group) is 1. The zero-order valence-corrected chi connectivity index (χ0v) is 9.96. The van der Waals surface area contributed by atoms with Gasteiger partial charge in [-0.3, -0.25) is 4.90 Å². The molecule has 0 aliphatic carbocycles. The predicted octanol–water partition coefficient (Wildman–Crippen LogP) is 2.31. The Bertz CT molecular complexity index is 361. The van der Waals surface area contributed by atoms with Gasteiger partial charge in [-0.25, -0.2) is 4.39 Å². The summed E-state index contributed by atoms with van der Waals surface area (Å²) in [6.07, 6.45) is 0. The van der Waals surface area contributed by atoms with Gasteiger partial charge in [0.05, 0.1) is 0 Å². The molecule has 2 rings (SSSR count). The molecule has 1 heterocycles. The number of halogens is 1. The van der Waals surface area contributed by atoms with E-state index in [1.165, 1.54) is 5.56 Å². The van der Waals surface area contributed by atoms with E-state index in [-0.39, 0.29) is 5.82 Å². The topological polar surface area (TPSA) is 15.3 Å². The van der Waals surface area contributed by atoms with Gasteiger partial charge in [0.1, 0.15) is 5.82 Å². The van der Waals surface area contributed by atoms with E-state index in [2.05, 4.69) is 24.1 Å². The summed E-state index contributed by atoms with van der Waals surface area (Å²) >= 11 is 0. The maximum absolute atomic E-state index is 13.1. The fraction of sp³-hybridized carbons (Fsp3) is 0.538. The van der Waals surface area contributed by atoms with E-state index in [1.807, 2.05) is 6.07 Å². The van der Waals surface area contributed by atoms with Crippen LogP contribution in [0.15, 0.2) is 18.2 Å². The molecule has 1 N–H and O–H groups in total. The average Bonchev–Trinajstić information content (AvgIpc) is 2.30. The third-order valence-electron chi connectivity index (χ3n) is 3.37. The molecule has 1 aliphatic rings. The van der Waals surface area contributed by atoms with Crippen LogP contribution in [-0.2, 0) is 6.54 Å². The molecular weight excluding hydrogens is 203 g/mol. The Balaban J connectivity index is 2.32. The second-order valence-corrected chi connectivity index (χ2v) is 4.21. The predicted molar refractivity (Wildman–Crippen MR) is 63.8 cm³/mol. The van der Waals surface area contributed by atoms with Gasteiger partial charge in [-0.2, -0.15) is 0 Å². The van der Waals surface area contributed by atoms with Gasteiger partial charge in [0.25, 0.3) is 0 Å². The summed E-state index contributed by atoms with van der Waals surface area (Å²) in [4.78, 5) is 2.41. The highest BCUT2D eigenvalue weighted by atomic mass is 19.1. The third-order valence-corrected chi connectivity index (χ3v) is 3.37. The lowest BCUT2D eigenvalue weighted by Crippen LogP contribution is -2.39. The Morgan fingerprint density at radius 2 is 2.12 bits per heavy atom. The standard InChI is InChI=1S/C13H19FN2/c1-3-16(4-2)13-9-15-8-10-7-11(14)5-6-12(10)13/h5-7,13,15H,3-4,8-9H2,1-2H3/t13-/m1/s1. The van der Waals surface area contributed by atoms with E-state index in [9.17, 15) is 4.39 Å². The van der Waals surface area contributed by atoms with Crippen molar-refractivity contribution >= 4 is 0 Å². The number of nitrogens with zero attached hydrogens (tertiary/aromatic N) is 1. The Morgan fingerprint density at radius 1 is 1.38 bits per heavy atom. The van der Waals surface area contributed by atoms with E-state index in [1.54, 1.807) is 12.1 Å². The highest BCUT2D eigenvalue weighted by Gasteiger charge is 2.23. The van der Waals surface area contributed by atoms with Crippen LogP contribution in [-0.4, -0.2) is 24.5 Å². The van der Waals surface area contributed by atoms with Gasteiger partial charge in [-0.15, -0.1) is 0 Å². The van der Waals surface area contributed by atoms with Crippen molar-refractivity contribution in [1.82, 2.24) is 10.2 Å². The van der Waals surface area contributed by atoms with Crippen molar-refractivity contribution in [2.45, 2.75) is 26.4 Å². The summed E-state index contributed by atoms with van der Waals surface area (Å²) in [5.41, 5.74) is 2.38. The molecule has 88 valence electrons. The van der Waals surface area contributed by atoms with Gasteiger partial charge in [-0.05, 0) is 36.3 Å². The van der Waals surface area contributed by atoms with Gasteiger partial charge in [0.2, 0.25) is 0 Å². The second kappa shape index (κ2) is 4.93. The molecule has 1 atom stereocenters. The molecule has 0 spiro atoms. The molecule has 0 bridgehead atoms. The number of nitrogens with one attached hydrogen (secondary N) is 1. The van der Waals surface area contributed by atoms with Crippen LogP contribution in [0.3, 0.4) is 0 Å². The molecule has 3 heteroatoms. The monoisotopic (exact) mass is 222 g/mol. The summed E-state index contributed by atoms with van der Waals surface area (Å²) < 4.78 is 13.1. The largest absolute Gasteiger partial charge is 0.311 e. The SMILES string of the molecule is CCN(CC)[C@@H]1CNCc2cc(F)ccc21. The lowest BCUT2D eigenvalue weighted by Gasteiger charge is -2.35. The smallest absolute Gasteiger partial charge is 0.123 e. The molecule has 1 aliphatic heterocycles. The molecule has 2 nitrogen and oxygen atoms in total. The van der Waals surface area contributed by atoms with E-state index >= 15 is 0 Å². The Labute approximate surface area is 96.5 Å². The van der Waals surface area contributed by atoms with Crippen LogP contribution in [0.4, 0.5) is 4.39 Å². The highest BCUT2D eigenvalue weighted by molar-refractivity contribution is 5.33. The molecule has 0 amide bonds. The molecule has 0 saturated heterocycles. The third kappa shape index (κ3) is 2.11. The van der Waals surface area contributed by atoms with Crippen molar-refractivity contribution in [3.05, 3.63) is 35.1 Å². The van der Waals surface area contributed by atoms with Crippen molar-refractivity contribution in [1.29, 1.82) is 0 Å². The van der Waals surface area contributed by atoms with Gasteiger partial charge >= 0.3 is 0 Å². The molecular formula is C13H19FN2. The maximum Gasteiger partial charge on any atom is 0.123 e. The first-order chi connectivity index (χ1) is 7.76. The van der Waals surface area contributed by atoms with Crippen molar-refractivity contribution < 1.29 is 4.39 Å². The van der Waals surface area contributed by atoms with E-state index in [0.717, 1.165) is 31.7 Å². The van der Waals surface area contributed by atoms with Crippen LogP contribution in [0.25, 0.3) is 0 Å². The summed E-state index contributed by atoms with van der Waals surface area (Å²) in [5, 5.41) is 3.36. The minimum Gasteiger partial charge on any atom is -0.311 e. The Kier molecular flexibility index (Phi) is 3.56. The summed E-state index contributed by atoms with van der Waals surface area (Å²) in [6.45, 7) is 8.13. The summed E-state index contributed by atoms with van der Waals surface area (Å²) in [6, 6.07) is 5.55. The van der Waals surface area contributed by atoms with Gasteiger partial charge in [-0.1, -0.05) is 19.9 Å². The van der Waals surface area contributed by atoms with Crippen molar-refractivity contribution in [2.75, 3.05) is 19.6 Å². The van der Waals surface area contributed by atoms with Crippen LogP contribution >= 0.6 is 0 Å². The minimum atomic E-state index is -0.138. The summed E-state index contributed by atoms with van der Waals surface area (Å²) in [7, 11) is 0. The Morgan fingerprint density at radius 3 is 2.81 bits per heavy atom. The molecule has 0 aromatic heterocycles. The highest BCUT2D eigenvalue weighted by Crippen LogP contribution is 2.27. The quantitative estimate of drug-likeness (QED) is 0.844. The number of fused-ring (bicyclic) bond motifs is 1. The summed E-state index contributed by atoms with van der Waals surface area (Å²) in [5.74, 6) is -0.138. The number of benzene rings is 1. The first-order valence-electron chi connectivity index (χ1n) is 5.99. The second-order valence-electron chi connectivity index (χ2n) is 4.21. The van der Waals surface area contributed by atoms with Crippen LogP contribution in [0.1, 0.15) is 31.0 Å². The zero-order chi connectivity index (χ0) is 11.5.